The van der Waals surface area contributed by atoms with Crippen molar-refractivity contribution in [2.45, 2.75) is 84.3 Å². The Balaban J connectivity index is 1.73. The van der Waals surface area contributed by atoms with Gasteiger partial charge >= 0.3 is 0 Å². The molecule has 5 nitrogen and oxygen atoms in total. The second kappa shape index (κ2) is 11.9. The van der Waals surface area contributed by atoms with Crippen molar-refractivity contribution in [1.82, 2.24) is 10.2 Å². The average Bonchev–Trinajstić information content (AvgIpc) is 3.32. The van der Waals surface area contributed by atoms with E-state index in [2.05, 4.69) is 19.2 Å². The summed E-state index contributed by atoms with van der Waals surface area (Å²) in [5.74, 6) is 0.851. The molecule has 33 heavy (non-hydrogen) atoms. The first kappa shape index (κ1) is 24.8. The molecule has 1 aliphatic carbocycles. The quantitative estimate of drug-likeness (QED) is 0.530. The molecule has 1 saturated carbocycles. The van der Waals surface area contributed by atoms with E-state index in [4.69, 9.17) is 4.74 Å². The van der Waals surface area contributed by atoms with Crippen LogP contribution in [-0.4, -0.2) is 35.4 Å². The highest BCUT2D eigenvalue weighted by atomic mass is 16.5. The minimum atomic E-state index is -0.522. The minimum Gasteiger partial charge on any atom is -0.484 e. The van der Waals surface area contributed by atoms with Crippen molar-refractivity contribution in [1.29, 1.82) is 0 Å². The molecular weight excluding hydrogens is 412 g/mol. The highest BCUT2D eigenvalue weighted by Gasteiger charge is 2.30. The van der Waals surface area contributed by atoms with Gasteiger partial charge in [0, 0.05) is 12.6 Å². The normalized spacial score (nSPS) is 14.8. The molecule has 0 heterocycles. The summed E-state index contributed by atoms with van der Waals surface area (Å²) < 4.78 is 5.83. The Morgan fingerprint density at radius 1 is 1.03 bits per heavy atom. The van der Waals surface area contributed by atoms with Crippen LogP contribution in [0.25, 0.3) is 0 Å². The van der Waals surface area contributed by atoms with Gasteiger partial charge in [-0.3, -0.25) is 9.59 Å². The zero-order valence-corrected chi connectivity index (χ0v) is 20.5. The average molecular weight is 451 g/mol. The molecule has 0 bridgehead atoms. The maximum atomic E-state index is 13.3. The first-order chi connectivity index (χ1) is 15.9. The highest BCUT2D eigenvalue weighted by Crippen LogP contribution is 2.21. The second-order valence-electron chi connectivity index (χ2n) is 9.43. The van der Waals surface area contributed by atoms with Crippen molar-refractivity contribution in [3.8, 4) is 5.75 Å². The lowest BCUT2D eigenvalue weighted by molar-refractivity contribution is -0.143. The lowest BCUT2D eigenvalue weighted by atomic mass is 10.0. The molecule has 0 aromatic heterocycles. The van der Waals surface area contributed by atoms with Crippen LogP contribution in [0.5, 0.6) is 5.75 Å². The Labute approximate surface area is 198 Å². The SMILES string of the molecule is CC[C@H](C(=O)NC1CCCC1)N(Cc1ccc(C)cc1)C(=O)COc1ccc(C(C)C)cc1. The van der Waals surface area contributed by atoms with Crippen LogP contribution in [0.2, 0.25) is 0 Å². The van der Waals surface area contributed by atoms with Gasteiger partial charge in [0.1, 0.15) is 11.8 Å². The molecule has 0 aliphatic heterocycles. The topological polar surface area (TPSA) is 58.6 Å². The fraction of sp³-hybridized carbons (Fsp3) is 0.500. The van der Waals surface area contributed by atoms with Crippen molar-refractivity contribution < 1.29 is 14.3 Å². The van der Waals surface area contributed by atoms with Gasteiger partial charge < -0.3 is 15.0 Å². The summed E-state index contributed by atoms with van der Waals surface area (Å²) in [5, 5.41) is 3.18. The highest BCUT2D eigenvalue weighted by molar-refractivity contribution is 5.88. The first-order valence-corrected chi connectivity index (χ1v) is 12.3. The van der Waals surface area contributed by atoms with Crippen molar-refractivity contribution >= 4 is 11.8 Å². The fourth-order valence-electron chi connectivity index (χ4n) is 4.35. The van der Waals surface area contributed by atoms with Gasteiger partial charge in [-0.2, -0.15) is 0 Å². The van der Waals surface area contributed by atoms with E-state index < -0.39 is 6.04 Å². The molecule has 2 amide bonds. The molecule has 1 atom stereocenters. The number of nitrogens with zero attached hydrogens (tertiary/aromatic N) is 1. The van der Waals surface area contributed by atoms with Crippen LogP contribution >= 0.6 is 0 Å². The smallest absolute Gasteiger partial charge is 0.261 e. The van der Waals surface area contributed by atoms with Crippen molar-refractivity contribution in [2.75, 3.05) is 6.61 Å². The Morgan fingerprint density at radius 2 is 1.67 bits per heavy atom. The number of rotatable bonds is 10. The molecule has 0 saturated heterocycles. The van der Waals surface area contributed by atoms with Gasteiger partial charge in [0.2, 0.25) is 5.91 Å². The monoisotopic (exact) mass is 450 g/mol. The molecule has 1 N–H and O–H groups in total. The zero-order chi connectivity index (χ0) is 23.8. The van der Waals surface area contributed by atoms with E-state index in [1.54, 1.807) is 4.90 Å². The lowest BCUT2D eigenvalue weighted by Gasteiger charge is -2.31. The largest absolute Gasteiger partial charge is 0.484 e. The predicted molar refractivity (Wildman–Crippen MR) is 132 cm³/mol. The Morgan fingerprint density at radius 3 is 2.24 bits per heavy atom. The van der Waals surface area contributed by atoms with Crippen LogP contribution in [-0.2, 0) is 16.1 Å². The van der Waals surface area contributed by atoms with Crippen LogP contribution in [0, 0.1) is 6.92 Å². The summed E-state index contributed by atoms with van der Waals surface area (Å²) in [4.78, 5) is 28.2. The van der Waals surface area contributed by atoms with E-state index in [1.807, 2.05) is 62.4 Å². The Hall–Kier alpha value is -2.82. The number of ether oxygens (including phenoxy) is 1. The van der Waals surface area contributed by atoms with E-state index >= 15 is 0 Å². The van der Waals surface area contributed by atoms with Gasteiger partial charge in [-0.1, -0.05) is 75.6 Å². The molecular formula is C28H38N2O3. The number of hydrogen-bond acceptors (Lipinski definition) is 3. The van der Waals surface area contributed by atoms with E-state index in [0.29, 0.717) is 24.6 Å². The summed E-state index contributed by atoms with van der Waals surface area (Å²) in [6, 6.07) is 15.6. The van der Waals surface area contributed by atoms with Gasteiger partial charge in [-0.15, -0.1) is 0 Å². The Kier molecular flexibility index (Phi) is 8.93. The first-order valence-electron chi connectivity index (χ1n) is 12.3. The fourth-order valence-corrected chi connectivity index (χ4v) is 4.35. The van der Waals surface area contributed by atoms with Crippen LogP contribution < -0.4 is 10.1 Å². The third-order valence-electron chi connectivity index (χ3n) is 6.47. The number of aryl methyl sites for hydroxylation is 1. The van der Waals surface area contributed by atoms with Crippen LogP contribution in [0.1, 0.15) is 75.5 Å². The maximum absolute atomic E-state index is 13.3. The zero-order valence-electron chi connectivity index (χ0n) is 20.5. The lowest BCUT2D eigenvalue weighted by Crippen LogP contribution is -2.52. The number of benzene rings is 2. The van der Waals surface area contributed by atoms with E-state index in [0.717, 1.165) is 36.8 Å². The van der Waals surface area contributed by atoms with Crippen LogP contribution in [0.3, 0.4) is 0 Å². The number of nitrogens with one attached hydrogen (secondary N) is 1. The Bertz CT molecular complexity index is 900. The van der Waals surface area contributed by atoms with Gasteiger partial charge in [0.05, 0.1) is 0 Å². The molecule has 0 unspecified atom stereocenters. The summed E-state index contributed by atoms with van der Waals surface area (Å²) in [5.41, 5.74) is 3.39. The van der Waals surface area contributed by atoms with Crippen molar-refractivity contribution in [2.24, 2.45) is 0 Å². The molecule has 178 valence electrons. The summed E-state index contributed by atoms with van der Waals surface area (Å²) in [6.45, 7) is 8.56. The molecule has 3 rings (SSSR count). The molecule has 2 aromatic rings. The van der Waals surface area contributed by atoms with E-state index in [1.165, 1.54) is 5.56 Å². The number of carbonyl (C=O) groups excluding carboxylic acids is 2. The second-order valence-corrected chi connectivity index (χ2v) is 9.43. The number of amides is 2. The van der Waals surface area contributed by atoms with Crippen LogP contribution in [0.15, 0.2) is 48.5 Å². The molecule has 0 radical (unpaired) electrons. The maximum Gasteiger partial charge on any atom is 0.261 e. The van der Waals surface area contributed by atoms with Crippen molar-refractivity contribution in [3.05, 3.63) is 65.2 Å². The summed E-state index contributed by atoms with van der Waals surface area (Å²) in [7, 11) is 0. The molecule has 1 fully saturated rings. The number of hydrogen-bond donors (Lipinski definition) is 1. The predicted octanol–water partition coefficient (Wildman–Crippen LogP) is 5.36. The third kappa shape index (κ3) is 7.08. The number of carbonyl (C=O) groups is 2. The standard InChI is InChI=1S/C28H38N2O3/c1-5-26(28(32)29-24-8-6-7-9-24)30(18-22-12-10-21(4)11-13-22)27(31)19-33-25-16-14-23(15-17-25)20(2)3/h10-17,20,24,26H,5-9,18-19H2,1-4H3,(H,29,32)/t26-/m1/s1. The van der Waals surface area contributed by atoms with Crippen LogP contribution in [0.4, 0.5) is 0 Å². The summed E-state index contributed by atoms with van der Waals surface area (Å²) >= 11 is 0. The molecule has 1 aliphatic rings. The summed E-state index contributed by atoms with van der Waals surface area (Å²) in [6.07, 6.45) is 4.89. The van der Waals surface area contributed by atoms with Gasteiger partial charge in [-0.05, 0) is 55.4 Å². The molecule has 0 spiro atoms. The van der Waals surface area contributed by atoms with Gasteiger partial charge in [0.25, 0.3) is 5.91 Å². The van der Waals surface area contributed by atoms with Gasteiger partial charge in [-0.25, -0.2) is 0 Å². The third-order valence-corrected chi connectivity index (χ3v) is 6.47. The van der Waals surface area contributed by atoms with E-state index in [-0.39, 0.29) is 24.5 Å². The van der Waals surface area contributed by atoms with E-state index in [9.17, 15) is 9.59 Å². The van der Waals surface area contributed by atoms with Crippen molar-refractivity contribution in [3.63, 3.8) is 0 Å². The van der Waals surface area contributed by atoms with Gasteiger partial charge in [0.15, 0.2) is 6.61 Å². The molecule has 2 aromatic carbocycles. The minimum absolute atomic E-state index is 0.0638. The molecule has 5 heteroatoms.